The second-order valence-electron chi connectivity index (χ2n) is 6.58. The van der Waals surface area contributed by atoms with Gasteiger partial charge in [-0.1, -0.05) is 6.92 Å². The number of aromatic nitrogens is 3. The van der Waals surface area contributed by atoms with E-state index in [1.807, 2.05) is 25.1 Å². The zero-order valence-electron chi connectivity index (χ0n) is 13.7. The number of hydrogen-bond donors (Lipinski definition) is 2. The van der Waals surface area contributed by atoms with Crippen LogP contribution in [0.15, 0.2) is 30.9 Å². The summed E-state index contributed by atoms with van der Waals surface area (Å²) in [5.41, 5.74) is 2.81. The Balaban J connectivity index is 1.67. The molecule has 1 aromatic carbocycles. The first-order chi connectivity index (χ1) is 11.1. The molecule has 1 fully saturated rings. The third-order valence-electron chi connectivity index (χ3n) is 4.61. The number of piperidine rings is 1. The van der Waals surface area contributed by atoms with E-state index in [4.69, 9.17) is 0 Å². The summed E-state index contributed by atoms with van der Waals surface area (Å²) in [5, 5.41) is 10.6. The normalized spacial score (nSPS) is 17.0. The van der Waals surface area contributed by atoms with E-state index >= 15 is 0 Å². The molecule has 2 N–H and O–H groups in total. The number of hydrogen-bond acceptors (Lipinski definition) is 4. The number of nitrogens with zero attached hydrogens (tertiary/aromatic N) is 3. The molecule has 0 spiro atoms. The maximum atomic E-state index is 12.4. The van der Waals surface area contributed by atoms with Gasteiger partial charge < -0.3 is 10.6 Å². The van der Waals surface area contributed by atoms with Crippen LogP contribution in [0.3, 0.4) is 0 Å². The molecule has 122 valence electrons. The van der Waals surface area contributed by atoms with Gasteiger partial charge in [-0.15, -0.1) is 0 Å². The van der Waals surface area contributed by atoms with Crippen LogP contribution in [-0.2, 0) is 0 Å². The lowest BCUT2D eigenvalue weighted by Gasteiger charge is -2.34. The highest BCUT2D eigenvalue weighted by Crippen LogP contribution is 2.26. The molecule has 3 rings (SSSR count). The number of aryl methyl sites for hydroxylation is 1. The fourth-order valence-electron chi connectivity index (χ4n) is 2.99. The molecule has 0 saturated carbocycles. The Kier molecular flexibility index (Phi) is 4.43. The van der Waals surface area contributed by atoms with E-state index in [0.717, 1.165) is 43.7 Å². The predicted octanol–water partition coefficient (Wildman–Crippen LogP) is 1.70. The van der Waals surface area contributed by atoms with Gasteiger partial charge in [-0.25, -0.2) is 9.67 Å². The van der Waals surface area contributed by atoms with Crippen molar-refractivity contribution in [2.45, 2.75) is 26.7 Å². The first-order valence-corrected chi connectivity index (χ1v) is 8.02. The van der Waals surface area contributed by atoms with Crippen molar-refractivity contribution in [3.63, 3.8) is 0 Å². The van der Waals surface area contributed by atoms with Crippen molar-refractivity contribution in [3.05, 3.63) is 42.0 Å². The van der Waals surface area contributed by atoms with E-state index in [-0.39, 0.29) is 11.3 Å². The van der Waals surface area contributed by atoms with Gasteiger partial charge in [-0.05, 0) is 62.0 Å². The smallest absolute Gasteiger partial charge is 0.251 e. The lowest BCUT2D eigenvalue weighted by Crippen LogP contribution is -2.42. The van der Waals surface area contributed by atoms with E-state index in [0.29, 0.717) is 5.56 Å². The lowest BCUT2D eigenvalue weighted by molar-refractivity contribution is 0.0922. The SMILES string of the molecule is Cc1cc(C(=O)NCC2(C)CCNCC2)ccc1-n1cncn1. The molecule has 1 aromatic heterocycles. The number of rotatable bonds is 4. The van der Waals surface area contributed by atoms with Crippen LogP contribution in [0.4, 0.5) is 0 Å². The van der Waals surface area contributed by atoms with E-state index in [9.17, 15) is 4.79 Å². The first kappa shape index (κ1) is 15.7. The molecule has 6 heteroatoms. The Morgan fingerprint density at radius 1 is 1.39 bits per heavy atom. The van der Waals surface area contributed by atoms with Crippen molar-refractivity contribution >= 4 is 5.91 Å². The highest BCUT2D eigenvalue weighted by molar-refractivity contribution is 5.94. The minimum absolute atomic E-state index is 0.0157. The van der Waals surface area contributed by atoms with Gasteiger partial charge in [-0.3, -0.25) is 4.79 Å². The van der Waals surface area contributed by atoms with Gasteiger partial charge in [0.2, 0.25) is 0 Å². The van der Waals surface area contributed by atoms with Crippen LogP contribution in [0.25, 0.3) is 5.69 Å². The molecular weight excluding hydrogens is 290 g/mol. The molecule has 1 saturated heterocycles. The van der Waals surface area contributed by atoms with Crippen molar-refractivity contribution in [3.8, 4) is 5.69 Å². The second-order valence-corrected chi connectivity index (χ2v) is 6.58. The lowest BCUT2D eigenvalue weighted by atomic mass is 9.81. The number of carbonyl (C=O) groups excluding carboxylic acids is 1. The summed E-state index contributed by atoms with van der Waals surface area (Å²) >= 11 is 0. The van der Waals surface area contributed by atoms with Gasteiger partial charge in [0.05, 0.1) is 5.69 Å². The van der Waals surface area contributed by atoms with Gasteiger partial charge in [0.1, 0.15) is 12.7 Å². The Morgan fingerprint density at radius 3 is 2.83 bits per heavy atom. The first-order valence-electron chi connectivity index (χ1n) is 8.02. The molecule has 23 heavy (non-hydrogen) atoms. The summed E-state index contributed by atoms with van der Waals surface area (Å²) in [4.78, 5) is 16.4. The molecule has 0 unspecified atom stereocenters. The van der Waals surface area contributed by atoms with Crippen molar-refractivity contribution in [1.29, 1.82) is 0 Å². The molecule has 0 radical (unpaired) electrons. The van der Waals surface area contributed by atoms with E-state index in [1.165, 1.54) is 6.33 Å². The zero-order valence-corrected chi connectivity index (χ0v) is 13.7. The van der Waals surface area contributed by atoms with Gasteiger partial charge in [-0.2, -0.15) is 5.10 Å². The topological polar surface area (TPSA) is 71.8 Å². The van der Waals surface area contributed by atoms with Crippen LogP contribution in [0.2, 0.25) is 0 Å². The zero-order chi connectivity index (χ0) is 16.3. The third-order valence-corrected chi connectivity index (χ3v) is 4.61. The van der Waals surface area contributed by atoms with Crippen molar-refractivity contribution < 1.29 is 4.79 Å². The average molecular weight is 313 g/mol. The van der Waals surface area contributed by atoms with Crippen LogP contribution >= 0.6 is 0 Å². The standard InChI is InChI=1S/C17H23N5O/c1-13-9-14(3-4-15(13)22-12-19-11-21-22)16(23)20-10-17(2)5-7-18-8-6-17/h3-4,9,11-12,18H,5-8,10H2,1-2H3,(H,20,23). The monoisotopic (exact) mass is 313 g/mol. The molecule has 6 nitrogen and oxygen atoms in total. The highest BCUT2D eigenvalue weighted by Gasteiger charge is 2.27. The minimum atomic E-state index is -0.0157. The van der Waals surface area contributed by atoms with Crippen LogP contribution in [0, 0.1) is 12.3 Å². The maximum absolute atomic E-state index is 12.4. The second kappa shape index (κ2) is 6.50. The fraction of sp³-hybridized carbons (Fsp3) is 0.471. The Morgan fingerprint density at radius 2 is 2.17 bits per heavy atom. The summed E-state index contributed by atoms with van der Waals surface area (Å²) < 4.78 is 1.70. The summed E-state index contributed by atoms with van der Waals surface area (Å²) in [5.74, 6) is -0.0157. The molecule has 1 aliphatic heterocycles. The molecule has 1 amide bonds. The van der Waals surface area contributed by atoms with Crippen LogP contribution in [-0.4, -0.2) is 40.3 Å². The summed E-state index contributed by atoms with van der Waals surface area (Å²) in [7, 11) is 0. The Bertz CT molecular complexity index is 674. The van der Waals surface area contributed by atoms with Gasteiger partial charge in [0.15, 0.2) is 0 Å². The fourth-order valence-corrected chi connectivity index (χ4v) is 2.99. The van der Waals surface area contributed by atoms with Crippen molar-refractivity contribution in [1.82, 2.24) is 25.4 Å². The maximum Gasteiger partial charge on any atom is 0.251 e. The molecule has 0 atom stereocenters. The summed E-state index contributed by atoms with van der Waals surface area (Å²) in [6, 6.07) is 5.65. The molecule has 0 bridgehead atoms. The van der Waals surface area contributed by atoms with E-state index in [1.54, 1.807) is 11.0 Å². The molecule has 2 heterocycles. The average Bonchev–Trinajstić information content (AvgIpc) is 3.07. The van der Waals surface area contributed by atoms with Gasteiger partial charge >= 0.3 is 0 Å². The minimum Gasteiger partial charge on any atom is -0.351 e. The predicted molar refractivity (Wildman–Crippen MR) is 88.6 cm³/mol. The van der Waals surface area contributed by atoms with Gasteiger partial charge in [0.25, 0.3) is 5.91 Å². The number of carbonyl (C=O) groups is 1. The summed E-state index contributed by atoms with van der Waals surface area (Å²) in [6.45, 7) is 6.99. The molecule has 0 aliphatic carbocycles. The summed E-state index contributed by atoms with van der Waals surface area (Å²) in [6.07, 6.45) is 5.34. The Hall–Kier alpha value is -2.21. The largest absolute Gasteiger partial charge is 0.351 e. The Labute approximate surface area is 136 Å². The van der Waals surface area contributed by atoms with E-state index < -0.39 is 0 Å². The highest BCUT2D eigenvalue weighted by atomic mass is 16.1. The quantitative estimate of drug-likeness (QED) is 0.901. The molecular formula is C17H23N5O. The van der Waals surface area contributed by atoms with Crippen LogP contribution < -0.4 is 10.6 Å². The number of nitrogens with one attached hydrogen (secondary N) is 2. The van der Waals surface area contributed by atoms with Crippen molar-refractivity contribution in [2.75, 3.05) is 19.6 Å². The van der Waals surface area contributed by atoms with Crippen LogP contribution in [0.5, 0.6) is 0 Å². The third kappa shape index (κ3) is 3.59. The van der Waals surface area contributed by atoms with Crippen molar-refractivity contribution in [2.24, 2.45) is 5.41 Å². The van der Waals surface area contributed by atoms with Gasteiger partial charge in [0, 0.05) is 12.1 Å². The van der Waals surface area contributed by atoms with E-state index in [2.05, 4.69) is 27.6 Å². The molecule has 2 aromatic rings. The molecule has 1 aliphatic rings. The number of benzene rings is 1. The number of amides is 1. The van der Waals surface area contributed by atoms with Crippen LogP contribution in [0.1, 0.15) is 35.7 Å².